The van der Waals surface area contributed by atoms with Crippen LogP contribution in [0.3, 0.4) is 0 Å². The second-order valence-corrected chi connectivity index (χ2v) is 10.1. The van der Waals surface area contributed by atoms with E-state index in [-0.39, 0.29) is 24.2 Å². The van der Waals surface area contributed by atoms with E-state index >= 15 is 0 Å². The molecule has 0 spiro atoms. The molecule has 0 saturated carbocycles. The van der Waals surface area contributed by atoms with Crippen LogP contribution in [0.25, 0.3) is 0 Å². The highest BCUT2D eigenvalue weighted by Gasteiger charge is 2.41. The predicted molar refractivity (Wildman–Crippen MR) is 145 cm³/mol. The van der Waals surface area contributed by atoms with Crippen molar-refractivity contribution in [1.82, 2.24) is 15.2 Å². The molecule has 2 aliphatic rings. The van der Waals surface area contributed by atoms with Gasteiger partial charge in [0.05, 0.1) is 30.1 Å². The van der Waals surface area contributed by atoms with Gasteiger partial charge in [-0.05, 0) is 53.3 Å². The Morgan fingerprint density at radius 1 is 1.13 bits per heavy atom. The van der Waals surface area contributed by atoms with E-state index in [1.165, 1.54) is 4.90 Å². The number of fused-ring (bicyclic) bond motifs is 1. The lowest BCUT2D eigenvalue weighted by Crippen LogP contribution is -2.52. The molecule has 0 radical (unpaired) electrons. The first kappa shape index (κ1) is 25.6. The quantitative estimate of drug-likeness (QED) is 0.447. The standard InChI is InChI=1S/C30H33N5O3/c1-3-30(4-2)17-25(37)35(29(31)34-30)27(22-12-8-14-32-18-22)20-10-7-11-21(15-20)28(38)33-26-23-13-6-5-9-19(23)16-24(26)36/h5-15,18,24,26-27,36H,3-4,16-17H2,1-2H3,(H2,31,34)(H,33,38)/t24-,26-,27?/m1/s1. The zero-order valence-corrected chi connectivity index (χ0v) is 21.7. The first-order valence-corrected chi connectivity index (χ1v) is 13.1. The Bertz CT molecular complexity index is 1370. The van der Waals surface area contributed by atoms with E-state index < -0.39 is 23.7 Å². The van der Waals surface area contributed by atoms with Crippen LogP contribution in [0.15, 0.2) is 78.0 Å². The number of hydrogen-bond acceptors (Lipinski definition) is 6. The van der Waals surface area contributed by atoms with E-state index in [1.54, 1.807) is 30.6 Å². The monoisotopic (exact) mass is 511 g/mol. The number of carbonyl (C=O) groups is 2. The molecule has 4 N–H and O–H groups in total. The smallest absolute Gasteiger partial charge is 0.251 e. The van der Waals surface area contributed by atoms with Crippen LogP contribution >= 0.6 is 0 Å². The lowest BCUT2D eigenvalue weighted by atomic mass is 9.86. The number of nitrogens with zero attached hydrogens (tertiary/aromatic N) is 3. The largest absolute Gasteiger partial charge is 0.390 e. The van der Waals surface area contributed by atoms with Gasteiger partial charge in [0, 0.05) is 24.4 Å². The van der Waals surface area contributed by atoms with Gasteiger partial charge in [0.1, 0.15) is 0 Å². The number of rotatable bonds is 7. The molecule has 8 heteroatoms. The summed E-state index contributed by atoms with van der Waals surface area (Å²) in [6.07, 6.45) is 4.87. The minimum Gasteiger partial charge on any atom is -0.390 e. The molecule has 3 atom stereocenters. The summed E-state index contributed by atoms with van der Waals surface area (Å²) in [6.45, 7) is 4.03. The van der Waals surface area contributed by atoms with Crippen molar-refractivity contribution in [2.45, 2.75) is 63.3 Å². The third-order valence-corrected chi connectivity index (χ3v) is 7.88. The third kappa shape index (κ3) is 4.67. The Labute approximate surface area is 222 Å². The highest BCUT2D eigenvalue weighted by atomic mass is 16.3. The van der Waals surface area contributed by atoms with Gasteiger partial charge in [-0.3, -0.25) is 19.5 Å². The van der Waals surface area contributed by atoms with Crippen molar-refractivity contribution in [2.24, 2.45) is 10.7 Å². The van der Waals surface area contributed by atoms with Gasteiger partial charge in [-0.2, -0.15) is 0 Å². The van der Waals surface area contributed by atoms with Gasteiger partial charge in [-0.1, -0.05) is 56.3 Å². The SMILES string of the molecule is CCC1(CC)CC(=O)N(C(c2cccnc2)c2cccc(C(=O)N[C@@H]3c4ccccc4C[C@H]3O)c2)C(N)=N1. The fraction of sp³-hybridized carbons (Fsp3) is 0.333. The second-order valence-electron chi connectivity index (χ2n) is 10.1. The van der Waals surface area contributed by atoms with Crippen molar-refractivity contribution in [3.63, 3.8) is 0 Å². The molecule has 38 heavy (non-hydrogen) atoms. The predicted octanol–water partition coefficient (Wildman–Crippen LogP) is 3.66. The van der Waals surface area contributed by atoms with Crippen molar-refractivity contribution < 1.29 is 14.7 Å². The Hall–Kier alpha value is -4.04. The zero-order chi connectivity index (χ0) is 26.9. The van der Waals surface area contributed by atoms with Crippen molar-refractivity contribution in [1.29, 1.82) is 0 Å². The molecule has 5 rings (SSSR count). The number of nitrogens with two attached hydrogens (primary N) is 1. The van der Waals surface area contributed by atoms with Gasteiger partial charge in [0.15, 0.2) is 5.96 Å². The maximum Gasteiger partial charge on any atom is 0.251 e. The molecule has 0 saturated heterocycles. The molecule has 2 amide bonds. The first-order valence-electron chi connectivity index (χ1n) is 13.1. The number of guanidine groups is 1. The summed E-state index contributed by atoms with van der Waals surface area (Å²) in [5.74, 6) is -0.255. The number of aliphatic hydroxyl groups is 1. The molecule has 1 aliphatic heterocycles. The van der Waals surface area contributed by atoms with Crippen molar-refractivity contribution in [3.05, 3.63) is 101 Å². The summed E-state index contributed by atoms with van der Waals surface area (Å²) < 4.78 is 0. The van der Waals surface area contributed by atoms with Gasteiger partial charge in [0.2, 0.25) is 5.91 Å². The number of pyridine rings is 1. The van der Waals surface area contributed by atoms with E-state index in [4.69, 9.17) is 10.7 Å². The molecule has 196 valence electrons. The number of amides is 2. The fourth-order valence-electron chi connectivity index (χ4n) is 5.62. The lowest BCUT2D eigenvalue weighted by molar-refractivity contribution is -0.131. The van der Waals surface area contributed by atoms with Crippen LogP contribution in [-0.2, 0) is 11.2 Å². The normalized spacial score (nSPS) is 21.0. The number of aromatic nitrogens is 1. The Morgan fingerprint density at radius 2 is 1.89 bits per heavy atom. The van der Waals surface area contributed by atoms with Crippen LogP contribution < -0.4 is 11.1 Å². The number of hydrogen-bond donors (Lipinski definition) is 3. The van der Waals surface area contributed by atoms with Crippen LogP contribution in [0.2, 0.25) is 0 Å². The molecule has 2 heterocycles. The molecular weight excluding hydrogens is 478 g/mol. The maximum atomic E-state index is 13.6. The van der Waals surface area contributed by atoms with Crippen molar-refractivity contribution >= 4 is 17.8 Å². The van der Waals surface area contributed by atoms with Crippen molar-refractivity contribution in [2.75, 3.05) is 0 Å². The van der Waals surface area contributed by atoms with Crippen LogP contribution in [0, 0.1) is 0 Å². The molecule has 0 bridgehead atoms. The molecule has 1 aromatic heterocycles. The summed E-state index contributed by atoms with van der Waals surface area (Å²) in [5, 5.41) is 13.6. The third-order valence-electron chi connectivity index (χ3n) is 7.88. The van der Waals surface area contributed by atoms with E-state index in [0.717, 1.165) is 16.7 Å². The average Bonchev–Trinajstić information content (AvgIpc) is 3.25. The first-order chi connectivity index (χ1) is 18.4. The van der Waals surface area contributed by atoms with E-state index in [0.29, 0.717) is 30.4 Å². The molecular formula is C30H33N5O3. The minimum atomic E-state index is -0.693. The highest BCUT2D eigenvalue weighted by molar-refractivity contribution is 6.00. The highest BCUT2D eigenvalue weighted by Crippen LogP contribution is 2.36. The van der Waals surface area contributed by atoms with Gasteiger partial charge in [0.25, 0.3) is 5.91 Å². The number of carbonyl (C=O) groups excluding carboxylic acids is 2. The summed E-state index contributed by atoms with van der Waals surface area (Å²) in [4.78, 5) is 37.5. The molecule has 1 aliphatic carbocycles. The zero-order valence-electron chi connectivity index (χ0n) is 21.7. The van der Waals surface area contributed by atoms with E-state index in [2.05, 4.69) is 10.3 Å². The molecule has 8 nitrogen and oxygen atoms in total. The summed E-state index contributed by atoms with van der Waals surface area (Å²) in [5.41, 5.74) is 9.82. The average molecular weight is 512 g/mol. The van der Waals surface area contributed by atoms with Gasteiger partial charge in [-0.25, -0.2) is 4.99 Å². The minimum absolute atomic E-state index is 0.115. The summed E-state index contributed by atoms with van der Waals surface area (Å²) in [6, 6.07) is 17.5. The van der Waals surface area contributed by atoms with Gasteiger partial charge < -0.3 is 16.2 Å². The van der Waals surface area contributed by atoms with Crippen LogP contribution in [0.5, 0.6) is 0 Å². The van der Waals surface area contributed by atoms with Crippen LogP contribution in [0.4, 0.5) is 0 Å². The maximum absolute atomic E-state index is 13.6. The molecule has 0 fully saturated rings. The lowest BCUT2D eigenvalue weighted by Gasteiger charge is -2.40. The molecule has 2 aromatic carbocycles. The van der Waals surface area contributed by atoms with Crippen molar-refractivity contribution in [3.8, 4) is 0 Å². The van der Waals surface area contributed by atoms with Crippen LogP contribution in [-0.4, -0.2) is 44.4 Å². The van der Waals surface area contributed by atoms with E-state index in [9.17, 15) is 14.7 Å². The number of aliphatic hydroxyl groups excluding tert-OH is 1. The molecule has 3 aromatic rings. The fourth-order valence-corrected chi connectivity index (χ4v) is 5.62. The van der Waals surface area contributed by atoms with Crippen LogP contribution in [0.1, 0.15) is 77.8 Å². The number of nitrogens with one attached hydrogen (secondary N) is 1. The topological polar surface area (TPSA) is 121 Å². The number of aliphatic imine (C=N–C) groups is 1. The van der Waals surface area contributed by atoms with Gasteiger partial charge >= 0.3 is 0 Å². The Morgan fingerprint density at radius 3 is 2.61 bits per heavy atom. The summed E-state index contributed by atoms with van der Waals surface area (Å²) >= 11 is 0. The number of benzene rings is 2. The Balaban J connectivity index is 1.50. The summed E-state index contributed by atoms with van der Waals surface area (Å²) in [7, 11) is 0. The van der Waals surface area contributed by atoms with Gasteiger partial charge in [-0.15, -0.1) is 0 Å². The Kier molecular flexibility index (Phi) is 6.99. The van der Waals surface area contributed by atoms with E-state index in [1.807, 2.05) is 56.3 Å². The molecule has 1 unspecified atom stereocenters. The second kappa shape index (κ2) is 10.4.